The molecule has 0 aliphatic heterocycles. The minimum atomic E-state index is -0.761. The molecule has 0 spiro atoms. The van der Waals surface area contributed by atoms with Gasteiger partial charge in [0, 0.05) is 6.54 Å². The Labute approximate surface area is 91.4 Å². The number of carbonyl (C=O) groups is 1. The van der Waals surface area contributed by atoms with Gasteiger partial charge in [-0.1, -0.05) is 18.6 Å². The summed E-state index contributed by atoms with van der Waals surface area (Å²) in [5, 5.41) is 8.98. The van der Waals surface area contributed by atoms with Gasteiger partial charge >= 0.3 is 5.97 Å². The van der Waals surface area contributed by atoms with Crippen LogP contribution in [0.1, 0.15) is 33.1 Å². The van der Waals surface area contributed by atoms with Gasteiger partial charge in [0.1, 0.15) is 0 Å². The van der Waals surface area contributed by atoms with Crippen molar-refractivity contribution in [1.29, 1.82) is 0 Å². The molecule has 0 amide bonds. The van der Waals surface area contributed by atoms with Crippen LogP contribution in [0.25, 0.3) is 0 Å². The van der Waals surface area contributed by atoms with Gasteiger partial charge in [0.2, 0.25) is 0 Å². The van der Waals surface area contributed by atoms with Crippen LogP contribution in [0.3, 0.4) is 0 Å². The fourth-order valence-corrected chi connectivity index (χ4v) is 2.40. The standard InChI is InChI=1S/C12H21NO2/c1-8-4-3-5-9(2)11(8)6-10(7-13)12(14)15/h4,9-11H,3,5-7,13H2,1-2H3,(H,14,15). The van der Waals surface area contributed by atoms with Gasteiger partial charge in [-0.2, -0.15) is 0 Å². The fraction of sp³-hybridized carbons (Fsp3) is 0.750. The van der Waals surface area contributed by atoms with Gasteiger partial charge in [0.05, 0.1) is 5.92 Å². The molecule has 1 aliphatic rings. The Hall–Kier alpha value is -0.830. The summed E-state index contributed by atoms with van der Waals surface area (Å²) in [6, 6.07) is 0. The molecule has 3 atom stereocenters. The molecule has 0 aromatic carbocycles. The van der Waals surface area contributed by atoms with E-state index in [4.69, 9.17) is 10.8 Å². The van der Waals surface area contributed by atoms with Crippen LogP contribution < -0.4 is 5.73 Å². The van der Waals surface area contributed by atoms with Crippen molar-refractivity contribution in [1.82, 2.24) is 0 Å². The topological polar surface area (TPSA) is 63.3 Å². The van der Waals surface area contributed by atoms with E-state index in [9.17, 15) is 4.79 Å². The summed E-state index contributed by atoms with van der Waals surface area (Å²) in [6.45, 7) is 4.55. The minimum absolute atomic E-state index is 0.242. The lowest BCUT2D eigenvalue weighted by Crippen LogP contribution is -2.29. The SMILES string of the molecule is CC1=CCCC(C)C1CC(CN)C(=O)O. The Bertz CT molecular complexity index is 260. The maximum absolute atomic E-state index is 10.9. The summed E-state index contributed by atoms with van der Waals surface area (Å²) in [7, 11) is 0. The van der Waals surface area contributed by atoms with Crippen molar-refractivity contribution in [3.63, 3.8) is 0 Å². The number of carboxylic acids is 1. The number of hydrogen-bond donors (Lipinski definition) is 2. The van der Waals surface area contributed by atoms with E-state index in [0.717, 1.165) is 6.42 Å². The summed E-state index contributed by atoms with van der Waals surface area (Å²) < 4.78 is 0. The highest BCUT2D eigenvalue weighted by atomic mass is 16.4. The number of aliphatic carboxylic acids is 1. The lowest BCUT2D eigenvalue weighted by Gasteiger charge is -2.30. The largest absolute Gasteiger partial charge is 0.481 e. The van der Waals surface area contributed by atoms with E-state index >= 15 is 0 Å². The Kier molecular flexibility index (Phi) is 4.33. The van der Waals surface area contributed by atoms with Crippen molar-refractivity contribution in [3.8, 4) is 0 Å². The van der Waals surface area contributed by atoms with Gasteiger partial charge in [-0.3, -0.25) is 4.79 Å². The smallest absolute Gasteiger partial charge is 0.307 e. The van der Waals surface area contributed by atoms with E-state index in [0.29, 0.717) is 18.3 Å². The van der Waals surface area contributed by atoms with Crippen LogP contribution in [0.2, 0.25) is 0 Å². The van der Waals surface area contributed by atoms with Crippen molar-refractivity contribution in [2.45, 2.75) is 33.1 Å². The van der Waals surface area contributed by atoms with Gasteiger partial charge in [-0.25, -0.2) is 0 Å². The van der Waals surface area contributed by atoms with Crippen LogP contribution in [0.5, 0.6) is 0 Å². The lowest BCUT2D eigenvalue weighted by molar-refractivity contribution is -0.142. The van der Waals surface area contributed by atoms with Crippen molar-refractivity contribution in [3.05, 3.63) is 11.6 Å². The molecule has 3 unspecified atom stereocenters. The molecule has 1 rings (SSSR count). The van der Waals surface area contributed by atoms with E-state index in [-0.39, 0.29) is 12.5 Å². The molecule has 0 heterocycles. The van der Waals surface area contributed by atoms with Crippen LogP contribution >= 0.6 is 0 Å². The second-order valence-corrected chi connectivity index (χ2v) is 4.62. The van der Waals surface area contributed by atoms with E-state index in [1.165, 1.54) is 12.0 Å². The molecule has 0 saturated carbocycles. The summed E-state index contributed by atoms with van der Waals surface area (Å²) in [4.78, 5) is 10.9. The summed E-state index contributed by atoms with van der Waals surface area (Å²) in [6.07, 6.45) is 5.22. The molecule has 0 aromatic rings. The Morgan fingerprint density at radius 2 is 2.40 bits per heavy atom. The molecule has 0 bridgehead atoms. The Morgan fingerprint density at radius 3 is 2.87 bits per heavy atom. The fourth-order valence-electron chi connectivity index (χ4n) is 2.40. The van der Waals surface area contributed by atoms with Crippen LogP contribution in [0.4, 0.5) is 0 Å². The molecule has 1 aliphatic carbocycles. The first-order valence-electron chi connectivity index (χ1n) is 5.65. The van der Waals surface area contributed by atoms with E-state index in [1.807, 2.05) is 0 Å². The highest BCUT2D eigenvalue weighted by Crippen LogP contribution is 2.34. The van der Waals surface area contributed by atoms with Crippen molar-refractivity contribution >= 4 is 5.97 Å². The molecule has 15 heavy (non-hydrogen) atoms. The molecule has 0 aromatic heterocycles. The van der Waals surface area contributed by atoms with E-state index in [1.54, 1.807) is 0 Å². The second kappa shape index (κ2) is 5.31. The van der Waals surface area contributed by atoms with Crippen molar-refractivity contribution in [2.75, 3.05) is 6.54 Å². The zero-order chi connectivity index (χ0) is 11.4. The molecular formula is C12H21NO2. The highest BCUT2D eigenvalue weighted by molar-refractivity contribution is 5.70. The lowest BCUT2D eigenvalue weighted by atomic mass is 9.75. The number of allylic oxidation sites excluding steroid dienone is 2. The molecule has 3 heteroatoms. The van der Waals surface area contributed by atoms with Crippen LogP contribution in [-0.2, 0) is 4.79 Å². The van der Waals surface area contributed by atoms with E-state index in [2.05, 4.69) is 19.9 Å². The van der Waals surface area contributed by atoms with Gasteiger partial charge in [0.25, 0.3) is 0 Å². The first kappa shape index (κ1) is 12.2. The maximum atomic E-state index is 10.9. The molecule has 0 fully saturated rings. The van der Waals surface area contributed by atoms with Gasteiger partial charge in [-0.15, -0.1) is 0 Å². The Balaban J connectivity index is 2.65. The highest BCUT2D eigenvalue weighted by Gasteiger charge is 2.27. The molecule has 3 N–H and O–H groups in total. The predicted octanol–water partition coefficient (Wildman–Crippen LogP) is 2.03. The average molecular weight is 211 g/mol. The monoisotopic (exact) mass is 211 g/mol. The molecule has 3 nitrogen and oxygen atoms in total. The van der Waals surface area contributed by atoms with Crippen molar-refractivity contribution in [2.24, 2.45) is 23.5 Å². The van der Waals surface area contributed by atoms with Crippen LogP contribution in [0.15, 0.2) is 11.6 Å². The minimum Gasteiger partial charge on any atom is -0.481 e. The molecule has 0 radical (unpaired) electrons. The third kappa shape index (κ3) is 3.06. The summed E-state index contributed by atoms with van der Waals surface area (Å²) in [5.41, 5.74) is 6.82. The number of nitrogens with two attached hydrogens (primary N) is 1. The van der Waals surface area contributed by atoms with Gasteiger partial charge < -0.3 is 10.8 Å². The van der Waals surface area contributed by atoms with Crippen LogP contribution in [0, 0.1) is 17.8 Å². The molecule has 86 valence electrons. The normalized spacial score (nSPS) is 28.3. The third-order valence-electron chi connectivity index (χ3n) is 3.53. The van der Waals surface area contributed by atoms with Gasteiger partial charge in [0.15, 0.2) is 0 Å². The Morgan fingerprint density at radius 1 is 1.73 bits per heavy atom. The first-order valence-corrected chi connectivity index (χ1v) is 5.65. The zero-order valence-electron chi connectivity index (χ0n) is 9.57. The van der Waals surface area contributed by atoms with E-state index < -0.39 is 5.97 Å². The zero-order valence-corrected chi connectivity index (χ0v) is 9.57. The number of rotatable bonds is 4. The average Bonchev–Trinajstić information content (AvgIpc) is 2.17. The van der Waals surface area contributed by atoms with Crippen LogP contribution in [-0.4, -0.2) is 17.6 Å². The third-order valence-corrected chi connectivity index (χ3v) is 3.53. The quantitative estimate of drug-likeness (QED) is 0.699. The van der Waals surface area contributed by atoms with Gasteiger partial charge in [-0.05, 0) is 38.0 Å². The maximum Gasteiger partial charge on any atom is 0.307 e. The number of hydrogen-bond acceptors (Lipinski definition) is 2. The summed E-state index contributed by atoms with van der Waals surface area (Å²) >= 11 is 0. The second-order valence-electron chi connectivity index (χ2n) is 4.62. The van der Waals surface area contributed by atoms with Crippen molar-refractivity contribution < 1.29 is 9.90 Å². The first-order chi connectivity index (χ1) is 7.06. The predicted molar refractivity (Wildman–Crippen MR) is 60.4 cm³/mol. The number of carboxylic acid groups (broad SMARTS) is 1. The summed E-state index contributed by atoms with van der Waals surface area (Å²) in [5.74, 6) is -0.159. The molecule has 0 saturated heterocycles. The molecular weight excluding hydrogens is 190 g/mol.